The summed E-state index contributed by atoms with van der Waals surface area (Å²) in [5, 5.41) is 12.3. The lowest BCUT2D eigenvalue weighted by Crippen LogP contribution is -2.15. The predicted molar refractivity (Wildman–Crippen MR) is 68.6 cm³/mol. The summed E-state index contributed by atoms with van der Waals surface area (Å²) in [5.41, 5.74) is 1.10. The first-order valence-corrected chi connectivity index (χ1v) is 6.24. The third-order valence-corrected chi connectivity index (χ3v) is 3.49. The van der Waals surface area contributed by atoms with Crippen LogP contribution in [0.3, 0.4) is 0 Å². The minimum Gasteiger partial charge on any atom is -0.497 e. The fraction of sp³-hybridized carbons (Fsp3) is 0.500. The number of amides is 1. The smallest absolute Gasteiger partial charge is 0.220 e. The van der Waals surface area contributed by atoms with Crippen LogP contribution in [-0.4, -0.2) is 31.3 Å². The molecule has 2 N–H and O–H groups in total. The van der Waals surface area contributed by atoms with Crippen LogP contribution < -0.4 is 10.1 Å². The molecule has 1 amide bonds. The molecule has 1 aliphatic heterocycles. The van der Waals surface area contributed by atoms with E-state index in [1.165, 1.54) is 0 Å². The molecule has 2 atom stereocenters. The van der Waals surface area contributed by atoms with E-state index in [1.54, 1.807) is 7.11 Å². The molecular weight excluding hydrogens is 230 g/mol. The second-order valence-corrected chi connectivity index (χ2v) is 4.76. The number of hydrogen-bond acceptors (Lipinski definition) is 3. The van der Waals surface area contributed by atoms with Crippen molar-refractivity contribution in [1.82, 2.24) is 5.32 Å². The maximum Gasteiger partial charge on any atom is 0.220 e. The number of nitrogens with one attached hydrogen (secondary N) is 1. The van der Waals surface area contributed by atoms with Gasteiger partial charge in [-0.2, -0.15) is 0 Å². The third kappa shape index (κ3) is 3.01. The molecule has 1 fully saturated rings. The Kier molecular flexibility index (Phi) is 4.20. The van der Waals surface area contributed by atoms with E-state index in [-0.39, 0.29) is 18.4 Å². The lowest BCUT2D eigenvalue weighted by atomic mass is 9.89. The van der Waals surface area contributed by atoms with E-state index in [2.05, 4.69) is 5.32 Å². The summed E-state index contributed by atoms with van der Waals surface area (Å²) in [6.07, 6.45) is 1.41. The summed E-state index contributed by atoms with van der Waals surface area (Å²) in [4.78, 5) is 11.2. The predicted octanol–water partition coefficient (Wildman–Crippen LogP) is 1.30. The highest BCUT2D eigenvalue weighted by molar-refractivity contribution is 5.78. The lowest BCUT2D eigenvalue weighted by Gasteiger charge is -2.18. The van der Waals surface area contributed by atoms with Gasteiger partial charge in [0.1, 0.15) is 5.75 Å². The van der Waals surface area contributed by atoms with Gasteiger partial charge in [0.2, 0.25) is 5.91 Å². The minimum absolute atomic E-state index is 0.0913. The summed E-state index contributed by atoms with van der Waals surface area (Å²) in [6.45, 7) is 0.836. The van der Waals surface area contributed by atoms with Gasteiger partial charge < -0.3 is 15.2 Å². The summed E-state index contributed by atoms with van der Waals surface area (Å²) < 4.78 is 5.11. The Morgan fingerprint density at radius 1 is 1.44 bits per heavy atom. The van der Waals surface area contributed by atoms with Crippen molar-refractivity contribution >= 4 is 5.91 Å². The van der Waals surface area contributed by atoms with Gasteiger partial charge in [-0.3, -0.25) is 4.79 Å². The van der Waals surface area contributed by atoms with Crippen LogP contribution in [0.15, 0.2) is 24.3 Å². The molecule has 1 aromatic carbocycles. The van der Waals surface area contributed by atoms with Gasteiger partial charge in [-0.05, 0) is 30.0 Å². The van der Waals surface area contributed by atoms with Crippen molar-refractivity contribution in [3.05, 3.63) is 29.8 Å². The van der Waals surface area contributed by atoms with Crippen LogP contribution in [0.5, 0.6) is 5.75 Å². The van der Waals surface area contributed by atoms with Crippen molar-refractivity contribution in [3.63, 3.8) is 0 Å². The van der Waals surface area contributed by atoms with Crippen LogP contribution in [0.1, 0.15) is 24.3 Å². The van der Waals surface area contributed by atoms with Gasteiger partial charge in [0, 0.05) is 25.5 Å². The minimum atomic E-state index is 0.0913. The fourth-order valence-electron chi connectivity index (χ4n) is 2.43. The largest absolute Gasteiger partial charge is 0.497 e. The Morgan fingerprint density at radius 2 is 2.17 bits per heavy atom. The summed E-state index contributed by atoms with van der Waals surface area (Å²) in [6, 6.07) is 7.75. The molecule has 0 spiro atoms. The lowest BCUT2D eigenvalue weighted by molar-refractivity contribution is -0.119. The summed E-state index contributed by atoms with van der Waals surface area (Å²) in [7, 11) is 1.63. The Labute approximate surface area is 107 Å². The first-order chi connectivity index (χ1) is 8.72. The number of carbonyl (C=O) groups excluding carboxylic acids is 1. The molecule has 4 nitrogen and oxygen atoms in total. The molecule has 98 valence electrons. The number of hydrogen-bond donors (Lipinski definition) is 2. The second kappa shape index (κ2) is 5.87. The number of aliphatic hydroxyl groups excluding tert-OH is 1. The Hall–Kier alpha value is -1.55. The fourth-order valence-corrected chi connectivity index (χ4v) is 2.43. The average molecular weight is 249 g/mol. The van der Waals surface area contributed by atoms with E-state index >= 15 is 0 Å². The second-order valence-electron chi connectivity index (χ2n) is 4.76. The summed E-state index contributed by atoms with van der Waals surface area (Å²) in [5.74, 6) is 1.35. The number of ether oxygens (including phenoxy) is 1. The molecule has 0 radical (unpaired) electrons. The molecule has 18 heavy (non-hydrogen) atoms. The monoisotopic (exact) mass is 249 g/mol. The molecule has 0 saturated carbocycles. The maximum absolute atomic E-state index is 11.2. The van der Waals surface area contributed by atoms with Crippen LogP contribution >= 0.6 is 0 Å². The van der Waals surface area contributed by atoms with Crippen molar-refractivity contribution in [1.29, 1.82) is 0 Å². The maximum atomic E-state index is 11.2. The van der Waals surface area contributed by atoms with E-state index in [1.807, 2.05) is 24.3 Å². The Morgan fingerprint density at radius 3 is 2.67 bits per heavy atom. The zero-order chi connectivity index (χ0) is 13.0. The van der Waals surface area contributed by atoms with E-state index < -0.39 is 0 Å². The zero-order valence-corrected chi connectivity index (χ0v) is 10.6. The van der Waals surface area contributed by atoms with Gasteiger partial charge in [-0.25, -0.2) is 0 Å². The topological polar surface area (TPSA) is 58.6 Å². The number of carbonyl (C=O) groups is 1. The molecule has 0 bridgehead atoms. The number of rotatable bonds is 5. The molecule has 1 aliphatic rings. The molecular formula is C14H19NO3. The van der Waals surface area contributed by atoms with Gasteiger partial charge in [0.05, 0.1) is 7.11 Å². The third-order valence-electron chi connectivity index (χ3n) is 3.49. The van der Waals surface area contributed by atoms with Gasteiger partial charge >= 0.3 is 0 Å². The van der Waals surface area contributed by atoms with Crippen molar-refractivity contribution < 1.29 is 14.6 Å². The van der Waals surface area contributed by atoms with Crippen molar-refractivity contribution in [3.8, 4) is 5.75 Å². The molecule has 1 aromatic rings. The van der Waals surface area contributed by atoms with Gasteiger partial charge in [-0.1, -0.05) is 12.1 Å². The van der Waals surface area contributed by atoms with Crippen LogP contribution in [0.4, 0.5) is 0 Å². The number of methoxy groups -OCH3 is 1. The first-order valence-electron chi connectivity index (χ1n) is 6.24. The Bertz CT molecular complexity index is 402. The first kappa shape index (κ1) is 12.9. The molecule has 0 aromatic heterocycles. The SMILES string of the molecule is COc1ccc([C@H](CO)C[C@H]2CNC(=O)C2)cc1. The standard InChI is InChI=1S/C14H19NO3/c1-18-13-4-2-11(3-5-13)12(9-16)6-10-7-14(17)15-8-10/h2-5,10,12,16H,6-9H2,1H3,(H,15,17)/t10-,12+/m1/s1. The van der Waals surface area contributed by atoms with E-state index in [4.69, 9.17) is 4.74 Å². The molecule has 0 unspecified atom stereocenters. The van der Waals surface area contributed by atoms with Crippen LogP contribution in [0.2, 0.25) is 0 Å². The average Bonchev–Trinajstić information content (AvgIpc) is 2.82. The van der Waals surface area contributed by atoms with Crippen molar-refractivity contribution in [2.75, 3.05) is 20.3 Å². The highest BCUT2D eigenvalue weighted by Gasteiger charge is 2.25. The molecule has 2 rings (SSSR count). The van der Waals surface area contributed by atoms with E-state index in [0.717, 1.165) is 24.3 Å². The molecule has 4 heteroatoms. The van der Waals surface area contributed by atoms with E-state index in [0.29, 0.717) is 12.3 Å². The normalized spacial score (nSPS) is 20.6. The van der Waals surface area contributed by atoms with Crippen molar-refractivity contribution in [2.24, 2.45) is 5.92 Å². The highest BCUT2D eigenvalue weighted by Crippen LogP contribution is 2.28. The van der Waals surface area contributed by atoms with Crippen LogP contribution in [-0.2, 0) is 4.79 Å². The Balaban J connectivity index is 2.00. The van der Waals surface area contributed by atoms with Gasteiger partial charge in [0.15, 0.2) is 0 Å². The highest BCUT2D eigenvalue weighted by atomic mass is 16.5. The summed E-state index contributed by atoms with van der Waals surface area (Å²) >= 11 is 0. The molecule has 0 aliphatic carbocycles. The van der Waals surface area contributed by atoms with Gasteiger partial charge in [0.25, 0.3) is 0 Å². The van der Waals surface area contributed by atoms with Crippen LogP contribution in [0, 0.1) is 5.92 Å². The number of benzene rings is 1. The zero-order valence-electron chi connectivity index (χ0n) is 10.6. The molecule has 1 saturated heterocycles. The van der Waals surface area contributed by atoms with Gasteiger partial charge in [-0.15, -0.1) is 0 Å². The van der Waals surface area contributed by atoms with E-state index in [9.17, 15) is 9.90 Å². The number of aliphatic hydroxyl groups is 1. The van der Waals surface area contributed by atoms with Crippen LogP contribution in [0.25, 0.3) is 0 Å². The quantitative estimate of drug-likeness (QED) is 0.827. The van der Waals surface area contributed by atoms with Crippen molar-refractivity contribution in [2.45, 2.75) is 18.8 Å². The molecule has 1 heterocycles.